The molecule has 0 aliphatic carbocycles. The summed E-state index contributed by atoms with van der Waals surface area (Å²) >= 11 is 13.6. The van der Waals surface area contributed by atoms with Gasteiger partial charge in [-0.05, 0) is 48.2 Å². The monoisotopic (exact) mass is 386 g/mol. The van der Waals surface area contributed by atoms with Gasteiger partial charge in [0.1, 0.15) is 0 Å². The third kappa shape index (κ3) is 3.59. The van der Waals surface area contributed by atoms with Gasteiger partial charge in [-0.3, -0.25) is 0 Å². The Bertz CT molecular complexity index is 552. The molecule has 18 heavy (non-hydrogen) atoms. The normalized spacial score (nSPS) is 12.4. The largest absolute Gasteiger partial charge is 0.117 e. The van der Waals surface area contributed by atoms with Crippen LogP contribution in [-0.4, -0.2) is 0 Å². The molecule has 2 aromatic rings. The van der Waals surface area contributed by atoms with E-state index in [1.807, 2.05) is 12.1 Å². The minimum atomic E-state index is -0.0192. The highest BCUT2D eigenvalue weighted by atomic mass is 79.9. The number of hydrogen-bond acceptors (Lipinski definition) is 0. The van der Waals surface area contributed by atoms with E-state index >= 15 is 0 Å². The fourth-order valence-electron chi connectivity index (χ4n) is 1.87. The molecular weight excluding hydrogens is 375 g/mol. The summed E-state index contributed by atoms with van der Waals surface area (Å²) < 4.78 is 2.17. The predicted octanol–water partition coefficient (Wildman–Crippen LogP) is 6.04. The van der Waals surface area contributed by atoms with E-state index in [4.69, 9.17) is 11.6 Å². The Balaban J connectivity index is 2.19. The molecule has 0 bridgehead atoms. The molecule has 0 amide bonds. The second-order valence-electron chi connectivity index (χ2n) is 4.33. The van der Waals surface area contributed by atoms with Crippen molar-refractivity contribution in [3.63, 3.8) is 0 Å². The summed E-state index contributed by atoms with van der Waals surface area (Å²) in [4.78, 5) is 0. The van der Waals surface area contributed by atoms with Gasteiger partial charge in [-0.1, -0.05) is 56.1 Å². The Morgan fingerprint density at radius 3 is 2.56 bits per heavy atom. The lowest BCUT2D eigenvalue weighted by atomic mass is 10.0. The van der Waals surface area contributed by atoms with Crippen molar-refractivity contribution in [2.75, 3.05) is 0 Å². The van der Waals surface area contributed by atoms with Gasteiger partial charge in [-0.2, -0.15) is 0 Å². The van der Waals surface area contributed by atoms with Crippen LogP contribution in [0, 0.1) is 6.92 Å². The summed E-state index contributed by atoms with van der Waals surface area (Å²) in [5.74, 6) is 0. The van der Waals surface area contributed by atoms with Gasteiger partial charge in [0.2, 0.25) is 0 Å². The number of rotatable bonds is 3. The third-order valence-corrected chi connectivity index (χ3v) is 4.37. The van der Waals surface area contributed by atoms with Crippen LogP contribution in [0.4, 0.5) is 0 Å². The quantitative estimate of drug-likeness (QED) is 0.562. The van der Waals surface area contributed by atoms with Gasteiger partial charge >= 0.3 is 0 Å². The molecule has 2 aromatic carbocycles. The second-order valence-corrected chi connectivity index (χ2v) is 6.62. The van der Waals surface area contributed by atoms with Gasteiger partial charge in [0.25, 0.3) is 0 Å². The van der Waals surface area contributed by atoms with Crippen LogP contribution in [0.2, 0.25) is 0 Å². The molecule has 0 saturated heterocycles. The van der Waals surface area contributed by atoms with Crippen molar-refractivity contribution < 1.29 is 0 Å². The average molecular weight is 389 g/mol. The number of halogens is 3. The molecule has 3 heteroatoms. The van der Waals surface area contributed by atoms with Crippen LogP contribution < -0.4 is 0 Å². The predicted molar refractivity (Wildman–Crippen MR) is 85.3 cm³/mol. The highest BCUT2D eigenvalue weighted by molar-refractivity contribution is 9.10. The van der Waals surface area contributed by atoms with Gasteiger partial charge in [-0.15, -0.1) is 11.6 Å². The molecule has 0 fully saturated rings. The van der Waals surface area contributed by atoms with Crippen molar-refractivity contribution >= 4 is 43.5 Å². The Kier molecular flexibility index (Phi) is 4.88. The zero-order valence-electron chi connectivity index (χ0n) is 9.96. The number of aryl methyl sites for hydroxylation is 1. The molecule has 0 N–H and O–H groups in total. The van der Waals surface area contributed by atoms with Crippen molar-refractivity contribution in [2.45, 2.75) is 18.7 Å². The molecule has 0 aliphatic rings. The SMILES string of the molecule is Cc1ccc(C(Cl)Cc2cccc(Br)c2)c(Br)c1. The third-order valence-electron chi connectivity index (χ3n) is 2.80. The lowest BCUT2D eigenvalue weighted by molar-refractivity contribution is 0.913. The van der Waals surface area contributed by atoms with Crippen LogP contribution in [-0.2, 0) is 6.42 Å². The highest BCUT2D eigenvalue weighted by Gasteiger charge is 2.12. The minimum Gasteiger partial charge on any atom is -0.117 e. The number of benzene rings is 2. The molecule has 0 aromatic heterocycles. The van der Waals surface area contributed by atoms with Gasteiger partial charge in [0.15, 0.2) is 0 Å². The van der Waals surface area contributed by atoms with Gasteiger partial charge < -0.3 is 0 Å². The van der Waals surface area contributed by atoms with Crippen LogP contribution in [0.1, 0.15) is 22.1 Å². The summed E-state index contributed by atoms with van der Waals surface area (Å²) in [7, 11) is 0. The maximum Gasteiger partial charge on any atom is 0.0636 e. The zero-order chi connectivity index (χ0) is 13.1. The molecule has 1 unspecified atom stereocenters. The summed E-state index contributed by atoms with van der Waals surface area (Å²) in [6.07, 6.45) is 0.822. The van der Waals surface area contributed by atoms with E-state index in [-0.39, 0.29) is 5.38 Å². The van der Waals surface area contributed by atoms with E-state index in [1.165, 1.54) is 11.1 Å². The van der Waals surface area contributed by atoms with Crippen LogP contribution in [0.5, 0.6) is 0 Å². The second kappa shape index (κ2) is 6.23. The first kappa shape index (κ1) is 14.1. The van der Waals surface area contributed by atoms with Crippen molar-refractivity contribution in [1.29, 1.82) is 0 Å². The molecule has 2 rings (SSSR count). The first-order valence-corrected chi connectivity index (χ1v) is 7.73. The number of alkyl halides is 1. The molecular formula is C15H13Br2Cl. The first-order valence-electron chi connectivity index (χ1n) is 5.71. The molecule has 0 aliphatic heterocycles. The summed E-state index contributed by atoms with van der Waals surface area (Å²) in [5.41, 5.74) is 3.61. The van der Waals surface area contributed by atoms with Gasteiger partial charge in [0.05, 0.1) is 5.38 Å². The van der Waals surface area contributed by atoms with E-state index in [9.17, 15) is 0 Å². The Labute approximate surface area is 130 Å². The Morgan fingerprint density at radius 1 is 1.11 bits per heavy atom. The van der Waals surface area contributed by atoms with Crippen LogP contribution in [0.15, 0.2) is 51.4 Å². The van der Waals surface area contributed by atoms with Gasteiger partial charge in [0, 0.05) is 8.95 Å². The molecule has 0 nitrogen and oxygen atoms in total. The fourth-order valence-corrected chi connectivity index (χ4v) is 3.58. The molecule has 0 radical (unpaired) electrons. The maximum atomic E-state index is 6.51. The smallest absolute Gasteiger partial charge is 0.0636 e. The molecule has 0 saturated carbocycles. The van der Waals surface area contributed by atoms with Crippen molar-refractivity contribution in [3.05, 3.63) is 68.1 Å². The van der Waals surface area contributed by atoms with Crippen LogP contribution in [0.25, 0.3) is 0 Å². The average Bonchev–Trinajstić information content (AvgIpc) is 2.28. The van der Waals surface area contributed by atoms with Crippen LogP contribution >= 0.6 is 43.5 Å². The van der Waals surface area contributed by atoms with Crippen molar-refractivity contribution in [2.24, 2.45) is 0 Å². The van der Waals surface area contributed by atoms with E-state index < -0.39 is 0 Å². The first-order chi connectivity index (χ1) is 8.56. The summed E-state index contributed by atoms with van der Waals surface area (Å²) in [6, 6.07) is 14.6. The van der Waals surface area contributed by atoms with Crippen LogP contribution in [0.3, 0.4) is 0 Å². The zero-order valence-corrected chi connectivity index (χ0v) is 13.9. The Hall–Kier alpha value is -0.310. The lowest BCUT2D eigenvalue weighted by Crippen LogP contribution is -1.97. The highest BCUT2D eigenvalue weighted by Crippen LogP contribution is 2.32. The van der Waals surface area contributed by atoms with E-state index in [0.29, 0.717) is 0 Å². The standard InChI is InChI=1S/C15H13Br2Cl/c1-10-5-6-13(14(17)7-10)15(18)9-11-3-2-4-12(16)8-11/h2-8,15H,9H2,1H3. The van der Waals surface area contributed by atoms with E-state index in [0.717, 1.165) is 20.9 Å². The summed E-state index contributed by atoms with van der Waals surface area (Å²) in [6.45, 7) is 2.08. The van der Waals surface area contributed by atoms with Crippen molar-refractivity contribution in [3.8, 4) is 0 Å². The molecule has 0 heterocycles. The van der Waals surface area contributed by atoms with Gasteiger partial charge in [-0.25, -0.2) is 0 Å². The molecule has 0 spiro atoms. The molecule has 94 valence electrons. The molecule has 1 atom stereocenters. The topological polar surface area (TPSA) is 0 Å². The lowest BCUT2D eigenvalue weighted by Gasteiger charge is -2.13. The number of hydrogen-bond donors (Lipinski definition) is 0. The van der Waals surface area contributed by atoms with E-state index in [1.54, 1.807) is 0 Å². The summed E-state index contributed by atoms with van der Waals surface area (Å²) in [5, 5.41) is -0.0192. The maximum absolute atomic E-state index is 6.51. The fraction of sp³-hybridized carbons (Fsp3) is 0.200. The Morgan fingerprint density at radius 2 is 1.89 bits per heavy atom. The van der Waals surface area contributed by atoms with Crippen molar-refractivity contribution in [1.82, 2.24) is 0 Å². The minimum absolute atomic E-state index is 0.0192. The van der Waals surface area contributed by atoms with E-state index in [2.05, 4.69) is 69.1 Å².